The van der Waals surface area contributed by atoms with Crippen molar-refractivity contribution in [1.29, 1.82) is 0 Å². The van der Waals surface area contributed by atoms with Gasteiger partial charge >= 0.3 is 5.97 Å². The summed E-state index contributed by atoms with van der Waals surface area (Å²) in [7, 11) is 0. The van der Waals surface area contributed by atoms with Crippen molar-refractivity contribution in [3.63, 3.8) is 0 Å². The number of carboxylic acids is 1. The lowest BCUT2D eigenvalue weighted by molar-refractivity contribution is 0.0686. The molecule has 0 aliphatic carbocycles. The Bertz CT molecular complexity index is 565. The second kappa shape index (κ2) is 3.20. The van der Waals surface area contributed by atoms with Gasteiger partial charge in [0.2, 0.25) is 0 Å². The van der Waals surface area contributed by atoms with Crippen molar-refractivity contribution in [1.82, 2.24) is 4.98 Å². The van der Waals surface area contributed by atoms with Crippen LogP contribution in [0.4, 0.5) is 8.78 Å². The van der Waals surface area contributed by atoms with E-state index in [-0.39, 0.29) is 10.9 Å². The summed E-state index contributed by atoms with van der Waals surface area (Å²) in [5.74, 6) is -3.30. The fourth-order valence-electron chi connectivity index (χ4n) is 1.33. The Morgan fingerprint density at radius 2 is 2.07 bits per heavy atom. The highest BCUT2D eigenvalue weighted by Gasteiger charge is 2.20. The third kappa shape index (κ3) is 1.35. The Hall–Kier alpha value is -1.62. The van der Waals surface area contributed by atoms with Crippen LogP contribution in [-0.2, 0) is 0 Å². The summed E-state index contributed by atoms with van der Waals surface area (Å²) >= 11 is 5.52. The van der Waals surface area contributed by atoms with E-state index in [1.165, 1.54) is 6.07 Å². The van der Waals surface area contributed by atoms with Crippen molar-refractivity contribution in [3.8, 4) is 0 Å². The molecular formula is C9H4ClF2NO2. The topological polar surface area (TPSA) is 53.1 Å². The van der Waals surface area contributed by atoms with E-state index in [9.17, 15) is 13.6 Å². The highest BCUT2D eigenvalue weighted by atomic mass is 35.5. The highest BCUT2D eigenvalue weighted by Crippen LogP contribution is 2.30. The molecule has 0 saturated carbocycles. The number of aromatic carboxylic acids is 1. The van der Waals surface area contributed by atoms with Gasteiger partial charge in [0, 0.05) is 0 Å². The molecule has 1 aromatic heterocycles. The first-order valence-corrected chi connectivity index (χ1v) is 4.28. The number of carbonyl (C=O) groups is 1. The van der Waals surface area contributed by atoms with Crippen LogP contribution in [0, 0.1) is 11.6 Å². The molecule has 0 fully saturated rings. The van der Waals surface area contributed by atoms with Crippen molar-refractivity contribution in [2.24, 2.45) is 0 Å². The first kappa shape index (κ1) is 9.92. The Labute approximate surface area is 87.3 Å². The SMILES string of the molecule is O=C(O)c1[nH]c2ccc(F)c(Cl)c2c1F. The number of fused-ring (bicyclic) bond motifs is 1. The maximum absolute atomic E-state index is 13.5. The lowest BCUT2D eigenvalue weighted by Crippen LogP contribution is -1.98. The van der Waals surface area contributed by atoms with Crippen molar-refractivity contribution < 1.29 is 18.7 Å². The minimum atomic E-state index is -1.46. The Morgan fingerprint density at radius 3 is 2.67 bits per heavy atom. The van der Waals surface area contributed by atoms with Gasteiger partial charge in [-0.15, -0.1) is 0 Å². The molecule has 2 aromatic rings. The quantitative estimate of drug-likeness (QED) is 0.793. The standard InChI is InChI=1S/C9H4ClF2NO2/c10-6-3(11)1-2-4-5(6)7(12)8(13-4)9(14)15/h1-2,13H,(H,14,15). The second-order valence-corrected chi connectivity index (χ2v) is 3.28. The van der Waals surface area contributed by atoms with Crippen molar-refractivity contribution in [2.75, 3.05) is 0 Å². The number of H-pyrrole nitrogens is 1. The van der Waals surface area contributed by atoms with E-state index in [1.54, 1.807) is 0 Å². The van der Waals surface area contributed by atoms with Gasteiger partial charge < -0.3 is 10.1 Å². The van der Waals surface area contributed by atoms with Crippen molar-refractivity contribution in [2.45, 2.75) is 0 Å². The van der Waals surface area contributed by atoms with E-state index in [0.29, 0.717) is 0 Å². The summed E-state index contributed by atoms with van der Waals surface area (Å²) in [4.78, 5) is 12.9. The maximum Gasteiger partial charge on any atom is 0.355 e. The van der Waals surface area contributed by atoms with E-state index in [1.807, 2.05) is 0 Å². The molecular weight excluding hydrogens is 228 g/mol. The summed E-state index contributed by atoms with van der Waals surface area (Å²) in [6.07, 6.45) is 0. The number of hydrogen-bond donors (Lipinski definition) is 2. The zero-order chi connectivity index (χ0) is 11.2. The van der Waals surface area contributed by atoms with Gasteiger partial charge in [-0.1, -0.05) is 11.6 Å². The molecule has 0 unspecified atom stereocenters. The monoisotopic (exact) mass is 231 g/mol. The van der Waals surface area contributed by atoms with Crippen LogP contribution in [0.5, 0.6) is 0 Å². The van der Waals surface area contributed by atoms with E-state index >= 15 is 0 Å². The van der Waals surface area contributed by atoms with Crippen LogP contribution in [0.2, 0.25) is 5.02 Å². The summed E-state index contributed by atoms with van der Waals surface area (Å²) in [6.45, 7) is 0. The lowest BCUT2D eigenvalue weighted by Gasteiger charge is -1.95. The predicted molar refractivity (Wildman–Crippen MR) is 50.2 cm³/mol. The highest BCUT2D eigenvalue weighted by molar-refractivity contribution is 6.35. The van der Waals surface area contributed by atoms with Gasteiger partial charge in [0.15, 0.2) is 11.5 Å². The van der Waals surface area contributed by atoms with E-state index in [2.05, 4.69) is 4.98 Å². The molecule has 0 amide bonds. The van der Waals surface area contributed by atoms with Gasteiger partial charge in [-0.25, -0.2) is 13.6 Å². The van der Waals surface area contributed by atoms with Crippen LogP contribution >= 0.6 is 11.6 Å². The van der Waals surface area contributed by atoms with Gasteiger partial charge in [-0.05, 0) is 12.1 Å². The molecule has 6 heteroatoms. The molecule has 2 N–H and O–H groups in total. The zero-order valence-corrected chi connectivity index (χ0v) is 7.90. The first-order chi connectivity index (χ1) is 7.02. The predicted octanol–water partition coefficient (Wildman–Crippen LogP) is 2.80. The average Bonchev–Trinajstić information content (AvgIpc) is 2.50. The number of nitrogens with one attached hydrogen (secondary N) is 1. The number of carboxylic acid groups (broad SMARTS) is 1. The van der Waals surface area contributed by atoms with Gasteiger partial charge in [-0.3, -0.25) is 0 Å². The lowest BCUT2D eigenvalue weighted by atomic mass is 10.2. The van der Waals surface area contributed by atoms with Crippen LogP contribution in [0.25, 0.3) is 10.9 Å². The number of hydrogen-bond acceptors (Lipinski definition) is 1. The number of benzene rings is 1. The van der Waals surface area contributed by atoms with Gasteiger partial charge in [0.05, 0.1) is 15.9 Å². The Kier molecular flexibility index (Phi) is 2.12. The van der Waals surface area contributed by atoms with Crippen LogP contribution in [0.15, 0.2) is 12.1 Å². The van der Waals surface area contributed by atoms with Crippen LogP contribution in [0.1, 0.15) is 10.5 Å². The smallest absolute Gasteiger partial charge is 0.355 e. The molecule has 3 nitrogen and oxygen atoms in total. The van der Waals surface area contributed by atoms with E-state index in [0.717, 1.165) is 6.07 Å². The summed E-state index contributed by atoms with van der Waals surface area (Å²) < 4.78 is 26.4. The largest absolute Gasteiger partial charge is 0.476 e. The third-order valence-electron chi connectivity index (χ3n) is 2.01. The molecule has 2 rings (SSSR count). The number of aromatic nitrogens is 1. The van der Waals surface area contributed by atoms with Gasteiger partial charge in [-0.2, -0.15) is 0 Å². The molecule has 15 heavy (non-hydrogen) atoms. The maximum atomic E-state index is 13.5. The molecule has 0 atom stereocenters. The minimum absolute atomic E-state index is 0.149. The molecule has 1 aromatic carbocycles. The number of aromatic amines is 1. The zero-order valence-electron chi connectivity index (χ0n) is 7.14. The first-order valence-electron chi connectivity index (χ1n) is 3.91. The molecule has 0 bridgehead atoms. The number of halogens is 3. The normalized spacial score (nSPS) is 10.9. The average molecular weight is 232 g/mol. The summed E-state index contributed by atoms with van der Waals surface area (Å²) in [5, 5.41) is 7.95. The van der Waals surface area contributed by atoms with Crippen molar-refractivity contribution in [3.05, 3.63) is 34.5 Å². The van der Waals surface area contributed by atoms with Crippen LogP contribution < -0.4 is 0 Å². The molecule has 1 heterocycles. The Morgan fingerprint density at radius 1 is 1.40 bits per heavy atom. The molecule has 0 aliphatic rings. The molecule has 0 radical (unpaired) electrons. The van der Waals surface area contributed by atoms with Crippen LogP contribution in [-0.4, -0.2) is 16.1 Å². The fourth-order valence-corrected chi connectivity index (χ4v) is 1.58. The van der Waals surface area contributed by atoms with Crippen molar-refractivity contribution >= 4 is 28.5 Å². The molecule has 0 saturated heterocycles. The van der Waals surface area contributed by atoms with E-state index < -0.39 is 28.3 Å². The molecule has 0 aliphatic heterocycles. The second-order valence-electron chi connectivity index (χ2n) is 2.90. The summed E-state index contributed by atoms with van der Waals surface area (Å²) in [6, 6.07) is 2.26. The molecule has 0 spiro atoms. The van der Waals surface area contributed by atoms with Crippen LogP contribution in [0.3, 0.4) is 0 Å². The fraction of sp³-hybridized carbons (Fsp3) is 0. The Balaban J connectivity index is 2.89. The van der Waals surface area contributed by atoms with Gasteiger partial charge in [0.25, 0.3) is 0 Å². The van der Waals surface area contributed by atoms with Gasteiger partial charge in [0.1, 0.15) is 5.82 Å². The third-order valence-corrected chi connectivity index (χ3v) is 2.38. The van der Waals surface area contributed by atoms with E-state index in [4.69, 9.17) is 16.7 Å². The minimum Gasteiger partial charge on any atom is -0.476 e. The summed E-state index contributed by atoms with van der Waals surface area (Å²) in [5.41, 5.74) is -0.478. The number of rotatable bonds is 1. The molecule has 78 valence electrons.